The zero-order chi connectivity index (χ0) is 19.8. The van der Waals surface area contributed by atoms with E-state index in [4.69, 9.17) is 21.1 Å². The molecule has 4 aliphatic heterocycles. The highest BCUT2D eigenvalue weighted by atomic mass is 35.5. The molecular formula is C23H25ClN2O3. The van der Waals surface area contributed by atoms with Crippen LogP contribution in [0.15, 0.2) is 42.5 Å². The molecule has 29 heavy (non-hydrogen) atoms. The molecule has 0 radical (unpaired) electrons. The molecule has 6 rings (SSSR count). The number of hydrogen-bond donors (Lipinski definition) is 1. The van der Waals surface area contributed by atoms with E-state index in [9.17, 15) is 4.79 Å². The van der Waals surface area contributed by atoms with Crippen LogP contribution < -0.4 is 10.1 Å². The first-order chi connectivity index (χ1) is 14.2. The topological polar surface area (TPSA) is 50.8 Å². The highest BCUT2D eigenvalue weighted by Crippen LogP contribution is 2.37. The largest absolute Gasteiger partial charge is 0.493 e. The molecule has 3 fully saturated rings. The van der Waals surface area contributed by atoms with Crippen molar-refractivity contribution >= 4 is 17.7 Å². The van der Waals surface area contributed by atoms with Gasteiger partial charge in [0.25, 0.3) is 0 Å². The SMILES string of the molecule is O=C(NC1CCOc2cc(-c3ccccc3Cl)ccc21)O[C@@H]1CN2CCC1CC2. The van der Waals surface area contributed by atoms with E-state index in [0.29, 0.717) is 17.5 Å². The van der Waals surface area contributed by atoms with Gasteiger partial charge in [0.1, 0.15) is 11.9 Å². The van der Waals surface area contributed by atoms with Gasteiger partial charge >= 0.3 is 6.09 Å². The second kappa shape index (κ2) is 7.88. The van der Waals surface area contributed by atoms with Crippen LogP contribution in [-0.4, -0.2) is 43.3 Å². The van der Waals surface area contributed by atoms with Crippen LogP contribution in [0, 0.1) is 5.92 Å². The van der Waals surface area contributed by atoms with Crippen molar-refractivity contribution in [2.75, 3.05) is 26.2 Å². The Balaban J connectivity index is 1.29. The van der Waals surface area contributed by atoms with Gasteiger partial charge in [-0.3, -0.25) is 4.90 Å². The summed E-state index contributed by atoms with van der Waals surface area (Å²) in [6.45, 7) is 3.69. The van der Waals surface area contributed by atoms with E-state index in [-0.39, 0.29) is 18.2 Å². The lowest BCUT2D eigenvalue weighted by molar-refractivity contribution is -0.0342. The second-order valence-corrected chi connectivity index (χ2v) is 8.56. The number of nitrogens with zero attached hydrogens (tertiary/aromatic N) is 1. The molecule has 2 aromatic rings. The number of fused-ring (bicyclic) bond motifs is 4. The second-order valence-electron chi connectivity index (χ2n) is 8.15. The number of ether oxygens (including phenoxy) is 2. The van der Waals surface area contributed by atoms with Crippen molar-refractivity contribution in [2.24, 2.45) is 5.92 Å². The minimum Gasteiger partial charge on any atom is -0.493 e. The zero-order valence-electron chi connectivity index (χ0n) is 16.3. The molecule has 1 unspecified atom stereocenters. The maximum absolute atomic E-state index is 12.6. The molecule has 152 valence electrons. The normalized spacial score (nSPS) is 27.6. The Kier molecular flexibility index (Phi) is 5.10. The van der Waals surface area contributed by atoms with Crippen LogP contribution in [0.5, 0.6) is 5.75 Å². The predicted octanol–water partition coefficient (Wildman–Crippen LogP) is 4.65. The molecule has 1 N–H and O–H groups in total. The van der Waals surface area contributed by atoms with Crippen LogP contribution in [0.25, 0.3) is 11.1 Å². The molecule has 4 heterocycles. The summed E-state index contributed by atoms with van der Waals surface area (Å²) in [5.41, 5.74) is 2.96. The number of alkyl carbamates (subject to hydrolysis) is 1. The lowest BCUT2D eigenvalue weighted by Crippen LogP contribution is -2.52. The fraction of sp³-hybridized carbons (Fsp3) is 0.435. The smallest absolute Gasteiger partial charge is 0.407 e. The minimum atomic E-state index is -0.322. The third-order valence-corrected chi connectivity index (χ3v) is 6.71. The van der Waals surface area contributed by atoms with E-state index in [1.54, 1.807) is 0 Å². The van der Waals surface area contributed by atoms with Crippen molar-refractivity contribution in [2.45, 2.75) is 31.4 Å². The molecule has 4 aliphatic rings. The average molecular weight is 413 g/mol. The Hall–Kier alpha value is -2.24. The van der Waals surface area contributed by atoms with Crippen molar-refractivity contribution < 1.29 is 14.3 Å². The Labute approximate surface area is 175 Å². The Morgan fingerprint density at radius 1 is 1.14 bits per heavy atom. The molecule has 0 aliphatic carbocycles. The van der Waals surface area contributed by atoms with Gasteiger partial charge in [-0.25, -0.2) is 4.79 Å². The number of hydrogen-bond acceptors (Lipinski definition) is 4. The maximum atomic E-state index is 12.6. The predicted molar refractivity (Wildman–Crippen MR) is 112 cm³/mol. The van der Waals surface area contributed by atoms with Crippen LogP contribution in [0.4, 0.5) is 4.79 Å². The molecule has 2 atom stereocenters. The monoisotopic (exact) mass is 412 g/mol. The average Bonchev–Trinajstić information content (AvgIpc) is 2.75. The third-order valence-electron chi connectivity index (χ3n) is 6.38. The van der Waals surface area contributed by atoms with Crippen LogP contribution in [0.1, 0.15) is 30.9 Å². The highest BCUT2D eigenvalue weighted by Gasteiger charge is 2.37. The first kappa shape index (κ1) is 18.8. The van der Waals surface area contributed by atoms with E-state index < -0.39 is 0 Å². The quantitative estimate of drug-likeness (QED) is 0.797. The van der Waals surface area contributed by atoms with Crippen LogP contribution >= 0.6 is 11.6 Å². The number of halogens is 1. The molecule has 2 aromatic carbocycles. The first-order valence-corrected chi connectivity index (χ1v) is 10.8. The Bertz CT molecular complexity index is 911. The number of benzene rings is 2. The molecule has 0 saturated carbocycles. The zero-order valence-corrected chi connectivity index (χ0v) is 17.0. The van der Waals surface area contributed by atoms with E-state index >= 15 is 0 Å². The number of carbonyl (C=O) groups excluding carboxylic acids is 1. The van der Waals surface area contributed by atoms with Crippen molar-refractivity contribution in [1.82, 2.24) is 10.2 Å². The molecule has 1 amide bonds. The van der Waals surface area contributed by atoms with Gasteiger partial charge in [-0.15, -0.1) is 0 Å². The van der Waals surface area contributed by atoms with Crippen molar-refractivity contribution in [3.8, 4) is 16.9 Å². The molecule has 0 aromatic heterocycles. The van der Waals surface area contributed by atoms with Gasteiger partial charge in [-0.1, -0.05) is 41.9 Å². The molecule has 0 spiro atoms. The summed E-state index contributed by atoms with van der Waals surface area (Å²) >= 11 is 6.34. The lowest BCUT2D eigenvalue weighted by atomic mass is 9.86. The molecular weight excluding hydrogens is 388 g/mol. The lowest BCUT2D eigenvalue weighted by Gasteiger charge is -2.44. The van der Waals surface area contributed by atoms with Gasteiger partial charge in [0.15, 0.2) is 0 Å². The summed E-state index contributed by atoms with van der Waals surface area (Å²) in [5, 5.41) is 3.77. The number of amides is 1. The van der Waals surface area contributed by atoms with Crippen LogP contribution in [0.3, 0.4) is 0 Å². The third kappa shape index (κ3) is 3.81. The number of nitrogens with one attached hydrogen (secondary N) is 1. The summed E-state index contributed by atoms with van der Waals surface area (Å²) in [5.74, 6) is 1.30. The summed E-state index contributed by atoms with van der Waals surface area (Å²) < 4.78 is 11.7. The Morgan fingerprint density at radius 3 is 2.72 bits per heavy atom. The van der Waals surface area contributed by atoms with E-state index in [0.717, 1.165) is 61.3 Å². The molecule has 3 saturated heterocycles. The van der Waals surface area contributed by atoms with Crippen LogP contribution in [0.2, 0.25) is 5.02 Å². The molecule has 5 nitrogen and oxygen atoms in total. The number of piperidine rings is 3. The van der Waals surface area contributed by atoms with E-state index in [2.05, 4.69) is 10.2 Å². The van der Waals surface area contributed by atoms with E-state index in [1.807, 2.05) is 42.5 Å². The highest BCUT2D eigenvalue weighted by molar-refractivity contribution is 6.33. The van der Waals surface area contributed by atoms with Gasteiger partial charge in [-0.05, 0) is 49.5 Å². The van der Waals surface area contributed by atoms with Crippen molar-refractivity contribution in [3.63, 3.8) is 0 Å². The molecule has 2 bridgehead atoms. The summed E-state index contributed by atoms with van der Waals surface area (Å²) in [4.78, 5) is 15.0. The van der Waals surface area contributed by atoms with E-state index in [1.165, 1.54) is 0 Å². The van der Waals surface area contributed by atoms with Crippen molar-refractivity contribution in [1.29, 1.82) is 0 Å². The fourth-order valence-corrected chi connectivity index (χ4v) is 5.01. The van der Waals surface area contributed by atoms with Gasteiger partial charge in [0.05, 0.1) is 12.6 Å². The molecule has 6 heteroatoms. The number of rotatable bonds is 3. The van der Waals surface area contributed by atoms with Crippen molar-refractivity contribution in [3.05, 3.63) is 53.1 Å². The Morgan fingerprint density at radius 2 is 1.97 bits per heavy atom. The first-order valence-electron chi connectivity index (χ1n) is 10.4. The van der Waals surface area contributed by atoms with Crippen LogP contribution in [-0.2, 0) is 4.74 Å². The summed E-state index contributed by atoms with van der Waals surface area (Å²) in [7, 11) is 0. The standard InChI is InChI=1S/C23H25ClN2O3/c24-19-4-2-1-3-17(19)16-5-6-18-20(9-12-28-21(18)13-16)25-23(27)29-22-14-26-10-7-15(22)8-11-26/h1-6,13,15,20,22H,7-12,14H2,(H,25,27)/t20?,22-/m1/s1. The van der Waals surface area contributed by atoms with Gasteiger partial charge < -0.3 is 14.8 Å². The van der Waals surface area contributed by atoms with Gasteiger partial charge in [-0.2, -0.15) is 0 Å². The van der Waals surface area contributed by atoms with Gasteiger partial charge in [0, 0.05) is 29.1 Å². The maximum Gasteiger partial charge on any atom is 0.407 e. The fourth-order valence-electron chi connectivity index (χ4n) is 4.76. The summed E-state index contributed by atoms with van der Waals surface area (Å²) in [6.07, 6.45) is 2.68. The summed E-state index contributed by atoms with van der Waals surface area (Å²) in [6, 6.07) is 13.7. The number of carbonyl (C=O) groups is 1. The van der Waals surface area contributed by atoms with Gasteiger partial charge in [0.2, 0.25) is 0 Å². The minimum absolute atomic E-state index is 0.0133.